The lowest BCUT2D eigenvalue weighted by Crippen LogP contribution is -2.36. The van der Waals surface area contributed by atoms with Gasteiger partial charge in [0.15, 0.2) is 0 Å². The Morgan fingerprint density at radius 1 is 1.44 bits per heavy atom. The third-order valence-electron chi connectivity index (χ3n) is 2.69. The molecule has 1 unspecified atom stereocenters. The van der Waals surface area contributed by atoms with Crippen LogP contribution in [0.5, 0.6) is 5.75 Å². The second-order valence-corrected chi connectivity index (χ2v) is 3.87. The smallest absolute Gasteiger partial charge is 0.387 e. The molecule has 16 heavy (non-hydrogen) atoms. The van der Waals surface area contributed by atoms with Crippen LogP contribution in [0.3, 0.4) is 0 Å². The first-order valence-electron chi connectivity index (χ1n) is 5.02. The fraction of sp³-hybridized carbons (Fsp3) is 0.455. The van der Waals surface area contributed by atoms with E-state index in [-0.39, 0.29) is 5.75 Å². The predicted octanol–water partition coefficient (Wildman–Crippen LogP) is 1.86. The van der Waals surface area contributed by atoms with Crippen molar-refractivity contribution in [3.63, 3.8) is 0 Å². The first-order chi connectivity index (χ1) is 7.60. The molecule has 0 spiro atoms. The zero-order chi connectivity index (χ0) is 11.6. The quantitative estimate of drug-likeness (QED) is 0.860. The maximum absolute atomic E-state index is 12.0. The lowest BCUT2D eigenvalue weighted by molar-refractivity contribution is -0.0499. The van der Waals surface area contributed by atoms with Crippen LogP contribution in [0.1, 0.15) is 12.0 Å². The first-order valence-corrected chi connectivity index (χ1v) is 5.02. The van der Waals surface area contributed by atoms with Gasteiger partial charge in [0.2, 0.25) is 0 Å². The van der Waals surface area contributed by atoms with E-state index in [0.29, 0.717) is 19.6 Å². The van der Waals surface area contributed by atoms with Crippen molar-refractivity contribution in [2.45, 2.75) is 18.6 Å². The predicted molar refractivity (Wildman–Crippen MR) is 54.4 cm³/mol. The summed E-state index contributed by atoms with van der Waals surface area (Å²) in [6, 6.07) is 6.47. The fourth-order valence-corrected chi connectivity index (χ4v) is 1.79. The highest BCUT2D eigenvalue weighted by molar-refractivity contribution is 5.33. The van der Waals surface area contributed by atoms with Gasteiger partial charge in [-0.1, -0.05) is 12.1 Å². The molecule has 1 aliphatic heterocycles. The monoisotopic (exact) mass is 229 g/mol. The van der Waals surface area contributed by atoms with E-state index in [9.17, 15) is 8.78 Å². The molecule has 1 atom stereocenters. The molecule has 1 aliphatic rings. The topological polar surface area (TPSA) is 44.5 Å². The van der Waals surface area contributed by atoms with Gasteiger partial charge in [0.05, 0.1) is 12.1 Å². The van der Waals surface area contributed by atoms with Gasteiger partial charge in [-0.05, 0) is 24.1 Å². The Balaban J connectivity index is 2.21. The molecule has 1 aromatic carbocycles. The summed E-state index contributed by atoms with van der Waals surface area (Å²) >= 11 is 0. The molecule has 1 aromatic rings. The van der Waals surface area contributed by atoms with E-state index in [4.69, 9.17) is 10.5 Å². The maximum atomic E-state index is 12.0. The lowest BCUT2D eigenvalue weighted by atomic mass is 9.90. The molecule has 0 bridgehead atoms. The molecule has 0 amide bonds. The number of halogens is 2. The lowest BCUT2D eigenvalue weighted by Gasteiger charge is -2.22. The van der Waals surface area contributed by atoms with Crippen LogP contribution in [0.15, 0.2) is 24.3 Å². The van der Waals surface area contributed by atoms with Crippen molar-refractivity contribution >= 4 is 0 Å². The Labute approximate surface area is 92.1 Å². The third-order valence-corrected chi connectivity index (χ3v) is 2.69. The molecule has 0 aromatic heterocycles. The zero-order valence-electron chi connectivity index (χ0n) is 8.66. The Morgan fingerprint density at radius 2 is 2.25 bits per heavy atom. The number of ether oxygens (including phenoxy) is 2. The number of alkyl halides is 2. The van der Waals surface area contributed by atoms with Gasteiger partial charge in [-0.3, -0.25) is 0 Å². The van der Waals surface area contributed by atoms with Crippen molar-refractivity contribution in [2.24, 2.45) is 5.73 Å². The minimum atomic E-state index is -2.82. The molecule has 1 saturated heterocycles. The van der Waals surface area contributed by atoms with E-state index in [1.165, 1.54) is 6.07 Å². The van der Waals surface area contributed by atoms with E-state index in [2.05, 4.69) is 4.74 Å². The SMILES string of the molecule is NC1(c2cccc(OC(F)F)c2)CCOC1. The molecule has 1 heterocycles. The second-order valence-electron chi connectivity index (χ2n) is 3.87. The van der Waals surface area contributed by atoms with Gasteiger partial charge in [-0.15, -0.1) is 0 Å². The number of hydrogen-bond donors (Lipinski definition) is 1. The van der Waals surface area contributed by atoms with Gasteiger partial charge >= 0.3 is 6.61 Å². The third kappa shape index (κ3) is 2.31. The van der Waals surface area contributed by atoms with Crippen LogP contribution < -0.4 is 10.5 Å². The Morgan fingerprint density at radius 3 is 2.88 bits per heavy atom. The van der Waals surface area contributed by atoms with E-state index in [0.717, 1.165) is 5.56 Å². The summed E-state index contributed by atoms with van der Waals surface area (Å²) in [5.74, 6) is 0.129. The molecule has 5 heteroatoms. The second kappa shape index (κ2) is 4.35. The standard InChI is InChI=1S/C11H13F2NO2/c12-10(13)16-9-3-1-2-8(6-9)11(14)4-5-15-7-11/h1-3,6,10H,4-5,7,14H2. The van der Waals surface area contributed by atoms with Gasteiger partial charge in [0, 0.05) is 6.61 Å². The number of hydrogen-bond acceptors (Lipinski definition) is 3. The summed E-state index contributed by atoms with van der Waals surface area (Å²) in [6.07, 6.45) is 0.686. The van der Waals surface area contributed by atoms with E-state index in [1.54, 1.807) is 18.2 Å². The number of rotatable bonds is 3. The van der Waals surface area contributed by atoms with Crippen LogP contribution in [0.2, 0.25) is 0 Å². The molecule has 0 radical (unpaired) electrons. The van der Waals surface area contributed by atoms with Crippen LogP contribution in [0.4, 0.5) is 8.78 Å². The maximum Gasteiger partial charge on any atom is 0.387 e. The summed E-state index contributed by atoms with van der Waals surface area (Å²) in [7, 11) is 0. The summed E-state index contributed by atoms with van der Waals surface area (Å²) in [4.78, 5) is 0. The van der Waals surface area contributed by atoms with Crippen molar-refractivity contribution in [1.82, 2.24) is 0 Å². The number of nitrogens with two attached hydrogens (primary N) is 1. The highest BCUT2D eigenvalue weighted by Crippen LogP contribution is 2.30. The summed E-state index contributed by atoms with van der Waals surface area (Å²) in [5.41, 5.74) is 6.30. The van der Waals surface area contributed by atoms with E-state index in [1.807, 2.05) is 0 Å². The van der Waals surface area contributed by atoms with Crippen molar-refractivity contribution in [3.8, 4) is 5.75 Å². The molecular formula is C11H13F2NO2. The molecule has 1 fully saturated rings. The van der Waals surface area contributed by atoms with Crippen LogP contribution >= 0.6 is 0 Å². The summed E-state index contributed by atoms with van der Waals surface area (Å²) in [5, 5.41) is 0. The van der Waals surface area contributed by atoms with Crippen LogP contribution in [0.25, 0.3) is 0 Å². The molecule has 0 saturated carbocycles. The minimum absolute atomic E-state index is 0.129. The highest BCUT2D eigenvalue weighted by atomic mass is 19.3. The average Bonchev–Trinajstić information content (AvgIpc) is 2.66. The molecule has 3 nitrogen and oxygen atoms in total. The Hall–Kier alpha value is -1.20. The summed E-state index contributed by atoms with van der Waals surface area (Å²) < 4.78 is 33.6. The average molecular weight is 229 g/mol. The van der Waals surface area contributed by atoms with Crippen molar-refractivity contribution < 1.29 is 18.3 Å². The molecule has 2 rings (SSSR count). The Kier molecular flexibility index (Phi) is 3.07. The first kappa shape index (κ1) is 11.3. The van der Waals surface area contributed by atoms with Gasteiger partial charge < -0.3 is 15.2 Å². The largest absolute Gasteiger partial charge is 0.435 e. The zero-order valence-corrected chi connectivity index (χ0v) is 8.66. The van der Waals surface area contributed by atoms with Crippen molar-refractivity contribution in [2.75, 3.05) is 13.2 Å². The van der Waals surface area contributed by atoms with Crippen LogP contribution in [0, 0.1) is 0 Å². The van der Waals surface area contributed by atoms with Gasteiger partial charge in [0.1, 0.15) is 5.75 Å². The minimum Gasteiger partial charge on any atom is -0.435 e. The van der Waals surface area contributed by atoms with Crippen molar-refractivity contribution in [1.29, 1.82) is 0 Å². The number of benzene rings is 1. The molecule has 2 N–H and O–H groups in total. The van der Waals surface area contributed by atoms with E-state index >= 15 is 0 Å². The Bertz CT molecular complexity index is 365. The van der Waals surface area contributed by atoms with E-state index < -0.39 is 12.2 Å². The normalized spacial score (nSPS) is 25.0. The molecule has 88 valence electrons. The van der Waals surface area contributed by atoms with Gasteiger partial charge in [0.25, 0.3) is 0 Å². The molecular weight excluding hydrogens is 216 g/mol. The van der Waals surface area contributed by atoms with Gasteiger partial charge in [-0.25, -0.2) is 0 Å². The fourth-order valence-electron chi connectivity index (χ4n) is 1.79. The van der Waals surface area contributed by atoms with Crippen LogP contribution in [-0.4, -0.2) is 19.8 Å². The van der Waals surface area contributed by atoms with Gasteiger partial charge in [-0.2, -0.15) is 8.78 Å². The molecule has 0 aliphatic carbocycles. The van der Waals surface area contributed by atoms with Crippen molar-refractivity contribution in [3.05, 3.63) is 29.8 Å². The highest BCUT2D eigenvalue weighted by Gasteiger charge is 2.32. The summed E-state index contributed by atoms with van der Waals surface area (Å²) in [6.45, 7) is -1.81. The van der Waals surface area contributed by atoms with Crippen LogP contribution in [-0.2, 0) is 10.3 Å².